The van der Waals surface area contributed by atoms with Gasteiger partial charge in [0.2, 0.25) is 0 Å². The predicted octanol–water partition coefficient (Wildman–Crippen LogP) is 2.16. The van der Waals surface area contributed by atoms with Gasteiger partial charge in [0.05, 0.1) is 18.3 Å². The van der Waals surface area contributed by atoms with Crippen LogP contribution in [0.5, 0.6) is 0 Å². The van der Waals surface area contributed by atoms with Crippen molar-refractivity contribution in [3.8, 4) is 0 Å². The quantitative estimate of drug-likeness (QED) is 0.789. The lowest BCUT2D eigenvalue weighted by Gasteiger charge is -2.43. The van der Waals surface area contributed by atoms with E-state index in [2.05, 4.69) is 55.3 Å². The van der Waals surface area contributed by atoms with Gasteiger partial charge in [-0.15, -0.1) is 0 Å². The Morgan fingerprint density at radius 3 is 2.67 bits per heavy atom. The van der Waals surface area contributed by atoms with Crippen LogP contribution >= 0.6 is 0 Å². The number of rotatable bonds is 6. The smallest absolute Gasteiger partial charge is 0.0988 e. The first-order valence-electron chi connectivity index (χ1n) is 7.87. The van der Waals surface area contributed by atoms with Gasteiger partial charge in [-0.2, -0.15) is 0 Å². The van der Waals surface area contributed by atoms with Crippen molar-refractivity contribution in [3.05, 3.63) is 29.8 Å². The van der Waals surface area contributed by atoms with E-state index in [-0.39, 0.29) is 18.3 Å². The number of aliphatic hydroxyl groups excluding tert-OH is 1. The third kappa shape index (κ3) is 4.70. The minimum atomic E-state index is -0.229. The number of hydrogen-bond donors (Lipinski definition) is 2. The summed E-state index contributed by atoms with van der Waals surface area (Å²) >= 11 is 0. The van der Waals surface area contributed by atoms with Gasteiger partial charge in [-0.25, -0.2) is 0 Å². The number of anilines is 1. The summed E-state index contributed by atoms with van der Waals surface area (Å²) in [6.45, 7) is 9.95. The molecule has 2 N–H and O–H groups in total. The molecule has 0 radical (unpaired) electrons. The Hall–Kier alpha value is -1.10. The minimum Gasteiger partial charge on any atom is -0.394 e. The third-order valence-electron chi connectivity index (χ3n) is 3.74. The first-order valence-corrected chi connectivity index (χ1v) is 7.87. The highest BCUT2D eigenvalue weighted by Gasteiger charge is 2.33. The summed E-state index contributed by atoms with van der Waals surface area (Å²) in [4.78, 5) is 2.30. The molecule has 0 amide bonds. The second kappa shape index (κ2) is 7.25. The van der Waals surface area contributed by atoms with E-state index in [4.69, 9.17) is 4.74 Å². The van der Waals surface area contributed by atoms with Crippen molar-refractivity contribution in [2.45, 2.75) is 45.4 Å². The Labute approximate surface area is 128 Å². The van der Waals surface area contributed by atoms with Gasteiger partial charge in [0.25, 0.3) is 0 Å². The Kier molecular flexibility index (Phi) is 5.62. The second-order valence-corrected chi connectivity index (χ2v) is 6.41. The molecule has 0 bridgehead atoms. The minimum absolute atomic E-state index is 0.0684. The Balaban J connectivity index is 2.00. The standard InChI is InChI=1S/C17H28N2O2/c1-4-9-18-10-14-5-7-15(8-6-14)19-11-16(12-20)21-17(2,3)13-19/h5-8,16,18,20H,4,9-13H2,1-3H3. The maximum Gasteiger partial charge on any atom is 0.0988 e. The van der Waals surface area contributed by atoms with Crippen molar-refractivity contribution >= 4 is 5.69 Å². The molecule has 1 saturated heterocycles. The number of morpholine rings is 1. The molecule has 1 aromatic rings. The van der Waals surface area contributed by atoms with E-state index in [0.717, 1.165) is 32.6 Å². The molecule has 4 nitrogen and oxygen atoms in total. The van der Waals surface area contributed by atoms with E-state index in [1.165, 1.54) is 11.3 Å². The number of ether oxygens (including phenoxy) is 1. The van der Waals surface area contributed by atoms with E-state index in [1.54, 1.807) is 0 Å². The molecule has 1 aliphatic heterocycles. The van der Waals surface area contributed by atoms with Crippen molar-refractivity contribution in [2.24, 2.45) is 0 Å². The van der Waals surface area contributed by atoms with Crippen LogP contribution in [0.4, 0.5) is 5.69 Å². The molecule has 1 unspecified atom stereocenters. The van der Waals surface area contributed by atoms with E-state index >= 15 is 0 Å². The van der Waals surface area contributed by atoms with E-state index in [9.17, 15) is 5.11 Å². The highest BCUT2D eigenvalue weighted by molar-refractivity contribution is 5.48. The van der Waals surface area contributed by atoms with Gasteiger partial charge in [0, 0.05) is 25.3 Å². The van der Waals surface area contributed by atoms with E-state index in [0.29, 0.717) is 0 Å². The van der Waals surface area contributed by atoms with Crippen LogP contribution in [0, 0.1) is 0 Å². The van der Waals surface area contributed by atoms with Gasteiger partial charge in [-0.3, -0.25) is 0 Å². The highest BCUT2D eigenvalue weighted by atomic mass is 16.5. The lowest BCUT2D eigenvalue weighted by Crippen LogP contribution is -2.54. The molecule has 0 spiro atoms. The summed E-state index contributed by atoms with van der Waals surface area (Å²) in [6.07, 6.45) is 1.04. The van der Waals surface area contributed by atoms with Crippen molar-refractivity contribution in [2.75, 3.05) is 31.1 Å². The van der Waals surface area contributed by atoms with Gasteiger partial charge in [0.15, 0.2) is 0 Å². The first-order chi connectivity index (χ1) is 10.0. The van der Waals surface area contributed by atoms with E-state index in [1.807, 2.05) is 0 Å². The van der Waals surface area contributed by atoms with Crippen LogP contribution in [0.1, 0.15) is 32.8 Å². The number of aliphatic hydroxyl groups is 1. The number of benzene rings is 1. The number of hydrogen-bond acceptors (Lipinski definition) is 4. The molecule has 0 saturated carbocycles. The number of nitrogens with one attached hydrogen (secondary N) is 1. The molecule has 2 rings (SSSR count). The zero-order chi connectivity index (χ0) is 15.3. The summed E-state index contributed by atoms with van der Waals surface area (Å²) in [5.74, 6) is 0. The van der Waals surface area contributed by atoms with Gasteiger partial charge in [-0.1, -0.05) is 19.1 Å². The largest absolute Gasteiger partial charge is 0.394 e. The average molecular weight is 292 g/mol. The molecule has 118 valence electrons. The summed E-state index contributed by atoms with van der Waals surface area (Å²) in [7, 11) is 0. The maximum atomic E-state index is 9.39. The summed E-state index contributed by atoms with van der Waals surface area (Å²) in [5, 5.41) is 12.8. The molecule has 1 heterocycles. The Morgan fingerprint density at radius 1 is 1.33 bits per heavy atom. The zero-order valence-electron chi connectivity index (χ0n) is 13.4. The monoisotopic (exact) mass is 292 g/mol. The molecule has 0 aliphatic carbocycles. The topological polar surface area (TPSA) is 44.7 Å². The van der Waals surface area contributed by atoms with Crippen molar-refractivity contribution < 1.29 is 9.84 Å². The van der Waals surface area contributed by atoms with Gasteiger partial charge in [-0.05, 0) is 44.5 Å². The lowest BCUT2D eigenvalue weighted by atomic mass is 10.0. The zero-order valence-corrected chi connectivity index (χ0v) is 13.4. The highest BCUT2D eigenvalue weighted by Crippen LogP contribution is 2.26. The van der Waals surface area contributed by atoms with Gasteiger partial charge >= 0.3 is 0 Å². The van der Waals surface area contributed by atoms with Crippen LogP contribution in [-0.4, -0.2) is 43.1 Å². The summed E-state index contributed by atoms with van der Waals surface area (Å²) < 4.78 is 5.86. The Morgan fingerprint density at radius 2 is 2.05 bits per heavy atom. The van der Waals surface area contributed by atoms with Crippen LogP contribution in [-0.2, 0) is 11.3 Å². The predicted molar refractivity (Wildman–Crippen MR) is 86.7 cm³/mol. The summed E-state index contributed by atoms with van der Waals surface area (Å²) in [5.41, 5.74) is 2.27. The van der Waals surface area contributed by atoms with Crippen LogP contribution in [0.15, 0.2) is 24.3 Å². The average Bonchev–Trinajstić information content (AvgIpc) is 2.46. The number of nitrogens with zero attached hydrogens (tertiary/aromatic N) is 1. The first kappa shape index (κ1) is 16.3. The van der Waals surface area contributed by atoms with Gasteiger partial charge < -0.3 is 20.1 Å². The normalized spacial score (nSPS) is 21.5. The maximum absolute atomic E-state index is 9.39. The molecule has 1 aromatic carbocycles. The second-order valence-electron chi connectivity index (χ2n) is 6.41. The molecule has 0 aromatic heterocycles. The van der Waals surface area contributed by atoms with Crippen molar-refractivity contribution in [3.63, 3.8) is 0 Å². The molecular formula is C17H28N2O2. The third-order valence-corrected chi connectivity index (χ3v) is 3.74. The Bertz CT molecular complexity index is 431. The molecular weight excluding hydrogens is 264 g/mol. The SMILES string of the molecule is CCCNCc1ccc(N2CC(CO)OC(C)(C)C2)cc1. The molecule has 1 atom stereocenters. The molecule has 1 fully saturated rings. The van der Waals surface area contributed by atoms with E-state index < -0.39 is 0 Å². The molecule has 1 aliphatic rings. The lowest BCUT2D eigenvalue weighted by molar-refractivity contribution is -0.101. The summed E-state index contributed by atoms with van der Waals surface area (Å²) in [6, 6.07) is 8.68. The van der Waals surface area contributed by atoms with Crippen LogP contribution in [0.25, 0.3) is 0 Å². The molecule has 21 heavy (non-hydrogen) atoms. The molecule has 4 heteroatoms. The van der Waals surface area contributed by atoms with Crippen LogP contribution < -0.4 is 10.2 Å². The van der Waals surface area contributed by atoms with Crippen molar-refractivity contribution in [1.82, 2.24) is 5.32 Å². The fourth-order valence-electron chi connectivity index (χ4n) is 2.82. The fraction of sp³-hybridized carbons (Fsp3) is 0.647. The van der Waals surface area contributed by atoms with Crippen LogP contribution in [0.2, 0.25) is 0 Å². The fourth-order valence-corrected chi connectivity index (χ4v) is 2.82. The van der Waals surface area contributed by atoms with Crippen LogP contribution in [0.3, 0.4) is 0 Å². The van der Waals surface area contributed by atoms with Crippen molar-refractivity contribution in [1.29, 1.82) is 0 Å². The van der Waals surface area contributed by atoms with Gasteiger partial charge in [0.1, 0.15) is 0 Å².